The second-order valence-corrected chi connectivity index (χ2v) is 5.64. The molecule has 0 saturated carbocycles. The molecule has 0 fully saturated rings. The number of ketones is 1. The Kier molecular flexibility index (Phi) is 5.52. The van der Waals surface area contributed by atoms with Crippen LogP contribution in [0.5, 0.6) is 0 Å². The van der Waals surface area contributed by atoms with Crippen molar-refractivity contribution in [2.45, 2.75) is 27.3 Å². The van der Waals surface area contributed by atoms with Crippen molar-refractivity contribution in [3.8, 4) is 0 Å². The van der Waals surface area contributed by atoms with Crippen LogP contribution in [0.25, 0.3) is 0 Å². The van der Waals surface area contributed by atoms with E-state index < -0.39 is 5.91 Å². The summed E-state index contributed by atoms with van der Waals surface area (Å²) in [5.41, 5.74) is 2.04. The Bertz CT molecular complexity index is 787. The predicted molar refractivity (Wildman–Crippen MR) is 87.2 cm³/mol. The zero-order valence-electron chi connectivity index (χ0n) is 14.0. The molecule has 0 aliphatic rings. The highest BCUT2D eigenvalue weighted by atomic mass is 16.2. The zero-order valence-corrected chi connectivity index (χ0v) is 14.0. The Morgan fingerprint density at radius 1 is 1.17 bits per heavy atom. The Labute approximate surface area is 140 Å². The van der Waals surface area contributed by atoms with Crippen molar-refractivity contribution in [1.29, 1.82) is 0 Å². The van der Waals surface area contributed by atoms with Crippen LogP contribution in [0.15, 0.2) is 36.5 Å². The summed E-state index contributed by atoms with van der Waals surface area (Å²) in [5.74, 6) is -0.0192. The van der Waals surface area contributed by atoms with Gasteiger partial charge in [-0.1, -0.05) is 23.2 Å². The van der Waals surface area contributed by atoms with Crippen LogP contribution >= 0.6 is 0 Å². The first-order valence-electron chi connectivity index (χ1n) is 7.59. The molecule has 2 aromatic rings. The van der Waals surface area contributed by atoms with Gasteiger partial charge < -0.3 is 0 Å². The molecule has 1 aromatic heterocycles. The van der Waals surface area contributed by atoms with Crippen LogP contribution in [0.4, 0.5) is 0 Å². The van der Waals surface area contributed by atoms with E-state index in [1.54, 1.807) is 48.9 Å². The molecule has 0 unspecified atom stereocenters. The molecule has 0 N–H and O–H groups in total. The monoisotopic (exact) mass is 326 g/mol. The molecule has 6 heteroatoms. The van der Waals surface area contributed by atoms with Crippen molar-refractivity contribution < 1.29 is 19.0 Å². The normalized spacial score (nSPS) is 10.3. The number of hydrogen-bond acceptors (Lipinski definition) is 4. The molecule has 0 atom stereocenters. The SMILES string of the molecule is Cc1cc[n+](CC(=O)CN(C=O)C(=O)c2ccccc2C)c(C)n1. The third-order valence-electron chi connectivity index (χ3n) is 3.71. The maximum Gasteiger partial charge on any atom is 0.295 e. The van der Waals surface area contributed by atoms with Gasteiger partial charge in [0.05, 0.1) is 12.7 Å². The molecule has 0 spiro atoms. The number of aryl methyl sites for hydroxylation is 3. The van der Waals surface area contributed by atoms with Crippen molar-refractivity contribution in [3.63, 3.8) is 0 Å². The number of amides is 2. The van der Waals surface area contributed by atoms with E-state index in [1.165, 1.54) is 0 Å². The quantitative estimate of drug-likeness (QED) is 0.590. The smallest absolute Gasteiger partial charge is 0.293 e. The molecule has 1 heterocycles. The van der Waals surface area contributed by atoms with Gasteiger partial charge in [0.1, 0.15) is 0 Å². The second-order valence-electron chi connectivity index (χ2n) is 5.64. The summed E-state index contributed by atoms with van der Waals surface area (Å²) in [6, 6.07) is 8.77. The van der Waals surface area contributed by atoms with E-state index in [9.17, 15) is 14.4 Å². The van der Waals surface area contributed by atoms with Crippen LogP contribution in [-0.4, -0.2) is 34.5 Å². The minimum absolute atomic E-state index is 0.0600. The number of Topliss-reactive ketones (excluding diaryl/α,β-unsaturated/α-hetero) is 1. The van der Waals surface area contributed by atoms with E-state index in [0.29, 0.717) is 17.8 Å². The van der Waals surface area contributed by atoms with Crippen LogP contribution in [0.1, 0.15) is 27.4 Å². The third kappa shape index (κ3) is 4.10. The van der Waals surface area contributed by atoms with Crippen LogP contribution in [-0.2, 0) is 16.1 Å². The minimum atomic E-state index is -0.472. The van der Waals surface area contributed by atoms with Crippen LogP contribution < -0.4 is 4.57 Å². The number of carbonyl (C=O) groups is 3. The molecule has 24 heavy (non-hydrogen) atoms. The maximum atomic E-state index is 12.4. The Hall–Kier alpha value is -2.89. The average molecular weight is 326 g/mol. The van der Waals surface area contributed by atoms with Crippen molar-refractivity contribution in [2.75, 3.05) is 6.54 Å². The molecule has 0 aliphatic heterocycles. The molecule has 0 bridgehead atoms. The summed E-state index contributed by atoms with van der Waals surface area (Å²) in [6.45, 7) is 5.25. The van der Waals surface area contributed by atoms with Crippen LogP contribution in [0.2, 0.25) is 0 Å². The molecule has 124 valence electrons. The third-order valence-corrected chi connectivity index (χ3v) is 3.71. The van der Waals surface area contributed by atoms with Crippen molar-refractivity contribution in [2.24, 2.45) is 0 Å². The van der Waals surface area contributed by atoms with Gasteiger partial charge in [0.15, 0.2) is 18.0 Å². The lowest BCUT2D eigenvalue weighted by molar-refractivity contribution is -0.693. The lowest BCUT2D eigenvalue weighted by Gasteiger charge is -2.15. The van der Waals surface area contributed by atoms with Gasteiger partial charge in [0, 0.05) is 25.5 Å². The molecule has 2 amide bonds. The predicted octanol–water partition coefficient (Wildman–Crippen LogP) is 1.16. The summed E-state index contributed by atoms with van der Waals surface area (Å²) in [7, 11) is 0. The Balaban J connectivity index is 2.09. The average Bonchev–Trinajstić information content (AvgIpc) is 2.55. The van der Waals surface area contributed by atoms with E-state index in [0.717, 1.165) is 16.2 Å². The van der Waals surface area contributed by atoms with Gasteiger partial charge in [-0.25, -0.2) is 4.57 Å². The Morgan fingerprint density at radius 2 is 1.88 bits per heavy atom. The topological polar surface area (TPSA) is 71.2 Å². The van der Waals surface area contributed by atoms with Crippen molar-refractivity contribution >= 4 is 18.1 Å². The van der Waals surface area contributed by atoms with Crippen molar-refractivity contribution in [3.05, 3.63) is 59.2 Å². The molecule has 6 nitrogen and oxygen atoms in total. The van der Waals surface area contributed by atoms with E-state index in [1.807, 2.05) is 13.0 Å². The highest BCUT2D eigenvalue weighted by molar-refractivity contribution is 6.03. The lowest BCUT2D eigenvalue weighted by Crippen LogP contribution is -2.45. The number of rotatable bonds is 6. The first-order valence-corrected chi connectivity index (χ1v) is 7.59. The number of benzene rings is 1. The van der Waals surface area contributed by atoms with E-state index in [-0.39, 0.29) is 18.9 Å². The lowest BCUT2D eigenvalue weighted by atomic mass is 10.1. The van der Waals surface area contributed by atoms with Gasteiger partial charge in [-0.2, -0.15) is 0 Å². The van der Waals surface area contributed by atoms with Gasteiger partial charge in [-0.05, 0) is 18.6 Å². The molecule has 0 radical (unpaired) electrons. The fourth-order valence-electron chi connectivity index (χ4n) is 2.38. The largest absolute Gasteiger partial charge is 0.295 e. The van der Waals surface area contributed by atoms with Gasteiger partial charge in [-0.15, -0.1) is 0 Å². The maximum absolute atomic E-state index is 12.4. The first kappa shape index (κ1) is 17.5. The molecular formula is C18H20N3O3+. The van der Waals surface area contributed by atoms with E-state index in [4.69, 9.17) is 0 Å². The van der Waals surface area contributed by atoms with Crippen LogP contribution in [0, 0.1) is 20.8 Å². The van der Waals surface area contributed by atoms with Crippen LogP contribution in [0.3, 0.4) is 0 Å². The molecule has 1 aromatic carbocycles. The Morgan fingerprint density at radius 3 is 2.50 bits per heavy atom. The molecule has 0 saturated heterocycles. The van der Waals surface area contributed by atoms with Gasteiger partial charge >= 0.3 is 0 Å². The fourth-order valence-corrected chi connectivity index (χ4v) is 2.38. The number of nitrogens with zero attached hydrogens (tertiary/aromatic N) is 3. The van der Waals surface area contributed by atoms with Gasteiger partial charge in [-0.3, -0.25) is 19.3 Å². The van der Waals surface area contributed by atoms with Gasteiger partial charge in [0.2, 0.25) is 6.41 Å². The second kappa shape index (κ2) is 7.59. The summed E-state index contributed by atoms with van der Waals surface area (Å²) in [5, 5.41) is 0. The summed E-state index contributed by atoms with van der Waals surface area (Å²) < 4.78 is 1.69. The van der Waals surface area contributed by atoms with E-state index in [2.05, 4.69) is 4.98 Å². The van der Waals surface area contributed by atoms with Crippen molar-refractivity contribution in [1.82, 2.24) is 9.88 Å². The molecular weight excluding hydrogens is 306 g/mol. The number of imide groups is 1. The zero-order chi connectivity index (χ0) is 17.7. The molecule has 0 aliphatic carbocycles. The first-order chi connectivity index (χ1) is 11.4. The van der Waals surface area contributed by atoms with Gasteiger partial charge in [0.25, 0.3) is 11.7 Å². The number of hydrogen-bond donors (Lipinski definition) is 0. The minimum Gasteiger partial charge on any atom is -0.293 e. The highest BCUT2D eigenvalue weighted by Crippen LogP contribution is 2.09. The highest BCUT2D eigenvalue weighted by Gasteiger charge is 2.21. The standard InChI is InChI=1S/C18H20N3O3/c1-13-6-4-5-7-17(13)18(24)21(12-22)11-16(23)10-20-9-8-14(2)19-15(20)3/h4-9,12H,10-11H2,1-3H3/q+1. The van der Waals surface area contributed by atoms with E-state index >= 15 is 0 Å². The summed E-state index contributed by atoms with van der Waals surface area (Å²) >= 11 is 0. The summed E-state index contributed by atoms with van der Waals surface area (Å²) in [4.78, 5) is 41.1. The fraction of sp³-hybridized carbons (Fsp3) is 0.278. The number of aromatic nitrogens is 2. The number of carbonyl (C=O) groups excluding carboxylic acids is 3. The summed E-state index contributed by atoms with van der Waals surface area (Å²) in [6.07, 6.45) is 2.17. The molecule has 2 rings (SSSR count).